The van der Waals surface area contributed by atoms with Crippen LogP contribution in [0.2, 0.25) is 0 Å². The van der Waals surface area contributed by atoms with Gasteiger partial charge in [0.25, 0.3) is 0 Å². The Bertz CT molecular complexity index is 450. The molecule has 0 saturated carbocycles. The van der Waals surface area contributed by atoms with Gasteiger partial charge in [-0.2, -0.15) is 4.98 Å². The molecular formula is C8H11N7. The lowest BCUT2D eigenvalue weighted by atomic mass is 10.4. The molecule has 0 aliphatic heterocycles. The molecule has 0 radical (unpaired) electrons. The van der Waals surface area contributed by atoms with E-state index in [1.807, 2.05) is 13.0 Å². The third-order valence-electron chi connectivity index (χ3n) is 1.76. The molecule has 0 unspecified atom stereocenters. The van der Waals surface area contributed by atoms with Crippen LogP contribution in [0.5, 0.6) is 0 Å². The number of hydrogen-bond acceptors (Lipinski definition) is 6. The van der Waals surface area contributed by atoms with E-state index < -0.39 is 0 Å². The maximum atomic E-state index is 5.38. The van der Waals surface area contributed by atoms with Gasteiger partial charge in [-0.15, -0.1) is 5.10 Å². The second kappa shape index (κ2) is 3.91. The summed E-state index contributed by atoms with van der Waals surface area (Å²) >= 11 is 0. The molecule has 78 valence electrons. The highest BCUT2D eigenvalue weighted by molar-refractivity contribution is 5.30. The van der Waals surface area contributed by atoms with Crippen LogP contribution in [0.15, 0.2) is 12.3 Å². The highest BCUT2D eigenvalue weighted by Gasteiger charge is 2.00. The van der Waals surface area contributed by atoms with Crippen LogP contribution in [0.25, 0.3) is 0 Å². The van der Waals surface area contributed by atoms with E-state index in [1.54, 1.807) is 6.20 Å². The second-order valence-electron chi connectivity index (χ2n) is 2.99. The van der Waals surface area contributed by atoms with Crippen molar-refractivity contribution < 1.29 is 0 Å². The molecule has 0 atom stereocenters. The first-order valence-electron chi connectivity index (χ1n) is 4.44. The molecule has 0 bridgehead atoms. The molecule has 0 spiro atoms. The van der Waals surface area contributed by atoms with Gasteiger partial charge < -0.3 is 11.1 Å². The van der Waals surface area contributed by atoms with Crippen LogP contribution < -0.4 is 11.1 Å². The van der Waals surface area contributed by atoms with Crippen molar-refractivity contribution in [1.29, 1.82) is 0 Å². The van der Waals surface area contributed by atoms with Crippen LogP contribution in [0, 0.1) is 6.92 Å². The van der Waals surface area contributed by atoms with E-state index in [-0.39, 0.29) is 5.95 Å². The quantitative estimate of drug-likeness (QED) is 0.656. The monoisotopic (exact) mass is 205 g/mol. The predicted molar refractivity (Wildman–Crippen MR) is 54.9 cm³/mol. The Kier molecular flexibility index (Phi) is 2.44. The Morgan fingerprint density at radius 3 is 3.00 bits per heavy atom. The number of aromatic amines is 1. The van der Waals surface area contributed by atoms with E-state index >= 15 is 0 Å². The molecule has 2 heterocycles. The Labute approximate surface area is 86.2 Å². The van der Waals surface area contributed by atoms with E-state index in [4.69, 9.17) is 5.73 Å². The Morgan fingerprint density at radius 2 is 2.33 bits per heavy atom. The van der Waals surface area contributed by atoms with Crippen LogP contribution in [-0.2, 0) is 6.54 Å². The molecule has 0 aliphatic carbocycles. The fraction of sp³-hybridized carbons (Fsp3) is 0.250. The zero-order chi connectivity index (χ0) is 10.7. The van der Waals surface area contributed by atoms with Crippen molar-refractivity contribution in [2.45, 2.75) is 13.5 Å². The average Bonchev–Trinajstić information content (AvgIpc) is 2.62. The van der Waals surface area contributed by atoms with Crippen molar-refractivity contribution in [1.82, 2.24) is 25.1 Å². The van der Waals surface area contributed by atoms with Crippen molar-refractivity contribution in [3.05, 3.63) is 23.8 Å². The van der Waals surface area contributed by atoms with Gasteiger partial charge in [-0.3, -0.25) is 0 Å². The number of aryl methyl sites for hydroxylation is 1. The average molecular weight is 205 g/mol. The van der Waals surface area contributed by atoms with E-state index in [2.05, 4.69) is 30.5 Å². The maximum absolute atomic E-state index is 5.38. The number of nitrogens with two attached hydrogens (primary N) is 1. The fourth-order valence-corrected chi connectivity index (χ4v) is 1.13. The maximum Gasteiger partial charge on any atom is 0.243 e. The summed E-state index contributed by atoms with van der Waals surface area (Å²) in [5, 5.41) is 9.36. The highest BCUT2D eigenvalue weighted by atomic mass is 15.3. The van der Waals surface area contributed by atoms with Gasteiger partial charge in [-0.05, 0) is 13.0 Å². The van der Waals surface area contributed by atoms with Gasteiger partial charge in [0.2, 0.25) is 11.9 Å². The van der Waals surface area contributed by atoms with Gasteiger partial charge in [0.15, 0.2) is 0 Å². The number of aromatic nitrogens is 5. The van der Waals surface area contributed by atoms with Crippen LogP contribution in [0.1, 0.15) is 11.5 Å². The number of H-pyrrole nitrogens is 1. The first kappa shape index (κ1) is 9.38. The number of nitrogens with one attached hydrogen (secondary N) is 2. The number of hydrogen-bond donors (Lipinski definition) is 3. The largest absolute Gasteiger partial charge is 0.368 e. The number of nitrogens with zero attached hydrogens (tertiary/aromatic N) is 4. The summed E-state index contributed by atoms with van der Waals surface area (Å²) in [5.41, 5.74) is 6.26. The molecule has 15 heavy (non-hydrogen) atoms. The molecular weight excluding hydrogens is 194 g/mol. The lowest BCUT2D eigenvalue weighted by Gasteiger charge is -2.01. The molecule has 0 amide bonds. The fourth-order valence-electron chi connectivity index (χ4n) is 1.13. The second-order valence-corrected chi connectivity index (χ2v) is 2.99. The molecule has 2 aromatic heterocycles. The lowest BCUT2D eigenvalue weighted by Crippen LogP contribution is -2.04. The molecule has 0 aromatic carbocycles. The molecule has 2 aromatic rings. The van der Waals surface area contributed by atoms with Gasteiger partial charge >= 0.3 is 0 Å². The van der Waals surface area contributed by atoms with Gasteiger partial charge in [0.05, 0.1) is 12.2 Å². The topological polar surface area (TPSA) is 105 Å². The molecule has 4 N–H and O–H groups in total. The smallest absolute Gasteiger partial charge is 0.243 e. The standard InChI is InChI=1S/C8H11N7/c1-5-10-3-2-6(12-5)4-11-8-13-7(9)14-15-8/h2-3H,4H2,1H3,(H4,9,11,13,14,15). The van der Waals surface area contributed by atoms with Crippen LogP contribution in [-0.4, -0.2) is 25.1 Å². The Morgan fingerprint density at radius 1 is 1.47 bits per heavy atom. The van der Waals surface area contributed by atoms with E-state index in [1.165, 1.54) is 0 Å². The summed E-state index contributed by atoms with van der Waals surface area (Å²) in [7, 11) is 0. The number of anilines is 2. The minimum Gasteiger partial charge on any atom is -0.368 e. The molecule has 0 fully saturated rings. The predicted octanol–water partition coefficient (Wildman–Crippen LogP) is 0.0974. The molecule has 0 aliphatic rings. The third-order valence-corrected chi connectivity index (χ3v) is 1.76. The first-order chi connectivity index (χ1) is 7.24. The summed E-state index contributed by atoms with van der Waals surface area (Å²) in [5.74, 6) is 1.49. The summed E-state index contributed by atoms with van der Waals surface area (Å²) < 4.78 is 0. The Balaban J connectivity index is 1.99. The molecule has 2 rings (SSSR count). The highest BCUT2D eigenvalue weighted by Crippen LogP contribution is 2.02. The summed E-state index contributed by atoms with van der Waals surface area (Å²) in [6.45, 7) is 2.38. The molecule has 0 saturated heterocycles. The van der Waals surface area contributed by atoms with Crippen molar-refractivity contribution in [2.75, 3.05) is 11.1 Å². The normalized spacial score (nSPS) is 10.2. The zero-order valence-corrected chi connectivity index (χ0v) is 8.23. The summed E-state index contributed by atoms with van der Waals surface area (Å²) in [6, 6.07) is 1.83. The molecule has 7 nitrogen and oxygen atoms in total. The number of nitrogen functional groups attached to an aromatic ring is 1. The van der Waals surface area contributed by atoms with E-state index in [0.29, 0.717) is 12.5 Å². The van der Waals surface area contributed by atoms with Crippen molar-refractivity contribution in [2.24, 2.45) is 0 Å². The first-order valence-corrected chi connectivity index (χ1v) is 4.44. The van der Waals surface area contributed by atoms with Gasteiger partial charge in [-0.25, -0.2) is 15.1 Å². The number of rotatable bonds is 3. The van der Waals surface area contributed by atoms with Crippen LogP contribution in [0.4, 0.5) is 11.9 Å². The van der Waals surface area contributed by atoms with Gasteiger partial charge in [-0.1, -0.05) is 0 Å². The van der Waals surface area contributed by atoms with E-state index in [9.17, 15) is 0 Å². The lowest BCUT2D eigenvalue weighted by molar-refractivity contribution is 0.941. The Hall–Kier alpha value is -2.18. The summed E-state index contributed by atoms with van der Waals surface area (Å²) in [4.78, 5) is 12.1. The van der Waals surface area contributed by atoms with Gasteiger partial charge in [0.1, 0.15) is 5.82 Å². The van der Waals surface area contributed by atoms with Crippen molar-refractivity contribution in [3.8, 4) is 0 Å². The van der Waals surface area contributed by atoms with Crippen LogP contribution in [0.3, 0.4) is 0 Å². The minimum absolute atomic E-state index is 0.288. The SMILES string of the molecule is Cc1nccc(CNc2n[nH]c(N)n2)n1. The van der Waals surface area contributed by atoms with Crippen molar-refractivity contribution >= 4 is 11.9 Å². The molecule has 7 heteroatoms. The zero-order valence-electron chi connectivity index (χ0n) is 8.23. The van der Waals surface area contributed by atoms with Crippen LogP contribution >= 0.6 is 0 Å². The summed E-state index contributed by atoms with van der Waals surface area (Å²) in [6.07, 6.45) is 1.71. The third kappa shape index (κ3) is 2.39. The minimum atomic E-state index is 0.288. The van der Waals surface area contributed by atoms with Crippen molar-refractivity contribution in [3.63, 3.8) is 0 Å². The van der Waals surface area contributed by atoms with E-state index in [0.717, 1.165) is 11.5 Å². The van der Waals surface area contributed by atoms with Gasteiger partial charge in [0, 0.05) is 6.20 Å².